The van der Waals surface area contributed by atoms with Crippen molar-refractivity contribution in [3.63, 3.8) is 0 Å². The molecule has 1 heterocycles. The summed E-state index contributed by atoms with van der Waals surface area (Å²) < 4.78 is 0. The van der Waals surface area contributed by atoms with Crippen LogP contribution in [-0.4, -0.2) is 18.3 Å². The van der Waals surface area contributed by atoms with Gasteiger partial charge in [0.25, 0.3) is 0 Å². The van der Waals surface area contributed by atoms with E-state index in [1.54, 1.807) is 0 Å². The molecular formula is C13H16ClNO. The van der Waals surface area contributed by atoms with Crippen molar-refractivity contribution in [3.8, 4) is 0 Å². The Hall–Kier alpha value is -1.02. The molecule has 86 valence electrons. The average molecular weight is 238 g/mol. The van der Waals surface area contributed by atoms with E-state index >= 15 is 0 Å². The van der Waals surface area contributed by atoms with Gasteiger partial charge >= 0.3 is 0 Å². The highest BCUT2D eigenvalue weighted by Crippen LogP contribution is 2.20. The maximum Gasteiger partial charge on any atom is 0.226 e. The normalized spacial score (nSPS) is 16.2. The van der Waals surface area contributed by atoms with Crippen LogP contribution in [0.4, 0.5) is 5.69 Å². The summed E-state index contributed by atoms with van der Waals surface area (Å²) in [4.78, 5) is 13.2. The molecule has 1 aliphatic rings. The van der Waals surface area contributed by atoms with Gasteiger partial charge in [0.2, 0.25) is 5.24 Å². The van der Waals surface area contributed by atoms with E-state index in [1.165, 1.54) is 24.9 Å². The summed E-state index contributed by atoms with van der Waals surface area (Å²) >= 11 is 5.35. The zero-order valence-corrected chi connectivity index (χ0v) is 10.0. The summed E-state index contributed by atoms with van der Waals surface area (Å²) in [5.41, 5.74) is 2.24. The van der Waals surface area contributed by atoms with Gasteiger partial charge in [-0.25, -0.2) is 0 Å². The van der Waals surface area contributed by atoms with Gasteiger partial charge in [0.1, 0.15) is 0 Å². The van der Waals surface area contributed by atoms with E-state index in [-0.39, 0.29) is 5.24 Å². The van der Waals surface area contributed by atoms with Crippen LogP contribution in [0.3, 0.4) is 0 Å². The van der Waals surface area contributed by atoms with Crippen LogP contribution in [-0.2, 0) is 11.2 Å². The lowest BCUT2D eigenvalue weighted by molar-refractivity contribution is -0.111. The van der Waals surface area contributed by atoms with E-state index in [4.69, 9.17) is 11.6 Å². The highest BCUT2D eigenvalue weighted by atomic mass is 35.5. The van der Waals surface area contributed by atoms with Crippen LogP contribution in [0.2, 0.25) is 0 Å². The Kier molecular flexibility index (Phi) is 3.83. The van der Waals surface area contributed by atoms with Crippen molar-refractivity contribution >= 4 is 22.5 Å². The summed E-state index contributed by atoms with van der Waals surface area (Å²) in [6.45, 7) is 2.29. The van der Waals surface area contributed by atoms with E-state index in [9.17, 15) is 4.79 Å². The predicted molar refractivity (Wildman–Crippen MR) is 67.1 cm³/mol. The van der Waals surface area contributed by atoms with Crippen molar-refractivity contribution in [3.05, 3.63) is 29.8 Å². The molecule has 1 saturated heterocycles. The van der Waals surface area contributed by atoms with Crippen molar-refractivity contribution in [1.29, 1.82) is 0 Å². The van der Waals surface area contributed by atoms with Crippen molar-refractivity contribution in [1.82, 2.24) is 0 Å². The van der Waals surface area contributed by atoms with Crippen LogP contribution in [0.15, 0.2) is 24.3 Å². The summed E-state index contributed by atoms with van der Waals surface area (Å²) in [5, 5.41) is -0.300. The van der Waals surface area contributed by atoms with Gasteiger partial charge < -0.3 is 4.90 Å². The van der Waals surface area contributed by atoms with E-state index < -0.39 is 0 Å². The molecule has 1 aromatic rings. The van der Waals surface area contributed by atoms with E-state index in [0.717, 1.165) is 18.7 Å². The Labute approximate surface area is 101 Å². The van der Waals surface area contributed by atoms with Gasteiger partial charge in [0, 0.05) is 25.2 Å². The Morgan fingerprint density at radius 2 is 1.75 bits per heavy atom. The molecule has 0 N–H and O–H groups in total. The van der Waals surface area contributed by atoms with Gasteiger partial charge in [-0.1, -0.05) is 12.1 Å². The lowest BCUT2D eigenvalue weighted by Gasteiger charge is -2.28. The number of carbonyl (C=O) groups is 1. The number of rotatable bonds is 3. The second-order valence-corrected chi connectivity index (χ2v) is 4.67. The first-order valence-electron chi connectivity index (χ1n) is 5.78. The molecule has 0 radical (unpaired) electrons. The monoisotopic (exact) mass is 237 g/mol. The fourth-order valence-electron chi connectivity index (χ4n) is 2.14. The Balaban J connectivity index is 2.03. The summed E-state index contributed by atoms with van der Waals surface area (Å²) in [5.74, 6) is 0. The smallest absolute Gasteiger partial charge is 0.226 e. The van der Waals surface area contributed by atoms with Crippen LogP contribution >= 0.6 is 11.6 Å². The zero-order chi connectivity index (χ0) is 11.4. The first-order valence-corrected chi connectivity index (χ1v) is 6.16. The van der Waals surface area contributed by atoms with Crippen molar-refractivity contribution in [2.75, 3.05) is 18.0 Å². The highest BCUT2D eigenvalue weighted by Gasteiger charge is 2.10. The standard InChI is InChI=1S/C13H16ClNO/c14-13(16)10-11-4-6-12(7-5-11)15-8-2-1-3-9-15/h4-7H,1-3,8-10H2. The van der Waals surface area contributed by atoms with Gasteiger partial charge in [-0.2, -0.15) is 0 Å². The fraction of sp³-hybridized carbons (Fsp3) is 0.462. The number of hydrogen-bond acceptors (Lipinski definition) is 2. The molecule has 1 aliphatic heterocycles. The van der Waals surface area contributed by atoms with Gasteiger partial charge in [0.15, 0.2) is 0 Å². The molecule has 0 aromatic heterocycles. The third-order valence-corrected chi connectivity index (χ3v) is 3.13. The van der Waals surface area contributed by atoms with Crippen molar-refractivity contribution in [2.24, 2.45) is 0 Å². The van der Waals surface area contributed by atoms with Crippen LogP contribution in [0.1, 0.15) is 24.8 Å². The SMILES string of the molecule is O=C(Cl)Cc1ccc(N2CCCCC2)cc1. The first-order chi connectivity index (χ1) is 7.75. The quantitative estimate of drug-likeness (QED) is 0.754. The molecule has 0 spiro atoms. The number of nitrogens with zero attached hydrogens (tertiary/aromatic N) is 1. The lowest BCUT2D eigenvalue weighted by Crippen LogP contribution is -2.29. The Bertz CT molecular complexity index is 355. The fourth-order valence-corrected chi connectivity index (χ4v) is 2.29. The first kappa shape index (κ1) is 11.5. The van der Waals surface area contributed by atoms with E-state index in [1.807, 2.05) is 12.1 Å². The van der Waals surface area contributed by atoms with Crippen LogP contribution in [0.25, 0.3) is 0 Å². The molecule has 1 aromatic carbocycles. The number of benzene rings is 1. The van der Waals surface area contributed by atoms with Gasteiger partial charge in [0.05, 0.1) is 0 Å². The molecule has 1 fully saturated rings. The summed E-state index contributed by atoms with van der Waals surface area (Å²) in [6.07, 6.45) is 4.22. The van der Waals surface area contributed by atoms with Crippen LogP contribution < -0.4 is 4.90 Å². The third kappa shape index (κ3) is 2.99. The molecule has 0 aliphatic carbocycles. The number of halogens is 1. The minimum atomic E-state index is -0.300. The molecule has 0 atom stereocenters. The Morgan fingerprint density at radius 3 is 2.31 bits per heavy atom. The third-order valence-electron chi connectivity index (χ3n) is 3.00. The summed E-state index contributed by atoms with van der Waals surface area (Å²) in [6, 6.07) is 8.15. The molecular weight excluding hydrogens is 222 g/mol. The largest absolute Gasteiger partial charge is 0.372 e. The minimum absolute atomic E-state index is 0.300. The molecule has 0 unspecified atom stereocenters. The van der Waals surface area contributed by atoms with Crippen molar-refractivity contribution < 1.29 is 4.79 Å². The number of hydrogen-bond donors (Lipinski definition) is 0. The lowest BCUT2D eigenvalue weighted by atomic mass is 10.1. The topological polar surface area (TPSA) is 20.3 Å². The van der Waals surface area contributed by atoms with Crippen molar-refractivity contribution in [2.45, 2.75) is 25.7 Å². The van der Waals surface area contributed by atoms with E-state index in [0.29, 0.717) is 6.42 Å². The number of anilines is 1. The number of carbonyl (C=O) groups excluding carboxylic acids is 1. The summed E-state index contributed by atoms with van der Waals surface area (Å²) in [7, 11) is 0. The highest BCUT2D eigenvalue weighted by molar-refractivity contribution is 6.63. The molecule has 0 saturated carbocycles. The molecule has 0 bridgehead atoms. The molecule has 0 amide bonds. The maximum atomic E-state index is 10.8. The second kappa shape index (κ2) is 5.35. The molecule has 2 nitrogen and oxygen atoms in total. The van der Waals surface area contributed by atoms with Crippen LogP contribution in [0.5, 0.6) is 0 Å². The second-order valence-electron chi connectivity index (χ2n) is 4.25. The molecule has 2 rings (SSSR count). The molecule has 3 heteroatoms. The minimum Gasteiger partial charge on any atom is -0.372 e. The predicted octanol–water partition coefficient (Wildman–Crippen LogP) is 2.98. The Morgan fingerprint density at radius 1 is 1.12 bits per heavy atom. The van der Waals surface area contributed by atoms with Gasteiger partial charge in [-0.15, -0.1) is 0 Å². The molecule has 16 heavy (non-hydrogen) atoms. The van der Waals surface area contributed by atoms with E-state index in [2.05, 4.69) is 17.0 Å². The van der Waals surface area contributed by atoms with Gasteiger partial charge in [-0.05, 0) is 48.6 Å². The van der Waals surface area contributed by atoms with Gasteiger partial charge in [-0.3, -0.25) is 4.79 Å². The average Bonchev–Trinajstić information content (AvgIpc) is 2.30. The maximum absolute atomic E-state index is 10.8. The number of piperidine rings is 1. The van der Waals surface area contributed by atoms with Crippen LogP contribution in [0, 0.1) is 0 Å². The zero-order valence-electron chi connectivity index (χ0n) is 9.29.